The van der Waals surface area contributed by atoms with Gasteiger partial charge in [-0.05, 0) is 56.1 Å². The molecule has 0 amide bonds. The normalized spacial score (nSPS) is 22.3. The Kier molecular flexibility index (Phi) is 8.09. The van der Waals surface area contributed by atoms with E-state index < -0.39 is 17.3 Å². The quantitative estimate of drug-likeness (QED) is 0.365. The number of benzene rings is 2. The van der Waals surface area contributed by atoms with Crippen molar-refractivity contribution in [3.8, 4) is 11.6 Å². The first-order valence-corrected chi connectivity index (χ1v) is 13.6. The SMILES string of the molecule is CCN(CC)CCOc1ccc(C2Oc3ncnc(NC[C@@H]4CCCO4)c3C2(C)c2ccccc2)cc1F. The van der Waals surface area contributed by atoms with E-state index in [1.807, 2.05) is 24.3 Å². The van der Waals surface area contributed by atoms with Crippen molar-refractivity contribution in [2.24, 2.45) is 0 Å². The van der Waals surface area contributed by atoms with Crippen LogP contribution < -0.4 is 14.8 Å². The Morgan fingerprint density at radius 2 is 1.95 bits per heavy atom. The zero-order chi connectivity index (χ0) is 26.5. The molecule has 0 saturated carbocycles. The van der Waals surface area contributed by atoms with Gasteiger partial charge in [0.1, 0.15) is 24.9 Å². The molecular weight excluding hydrogens is 483 g/mol. The summed E-state index contributed by atoms with van der Waals surface area (Å²) in [6, 6.07) is 15.3. The lowest BCUT2D eigenvalue weighted by Gasteiger charge is -2.32. The van der Waals surface area contributed by atoms with Gasteiger partial charge in [0.15, 0.2) is 11.6 Å². The molecule has 0 bridgehead atoms. The highest BCUT2D eigenvalue weighted by molar-refractivity contribution is 5.62. The van der Waals surface area contributed by atoms with Gasteiger partial charge in [-0.3, -0.25) is 0 Å². The number of halogens is 1. The Hall–Kier alpha value is -3.23. The van der Waals surface area contributed by atoms with Crippen LogP contribution in [-0.4, -0.2) is 60.4 Å². The molecule has 1 saturated heterocycles. The number of aromatic nitrogens is 2. The summed E-state index contributed by atoms with van der Waals surface area (Å²) in [6.07, 6.45) is 3.27. The van der Waals surface area contributed by atoms with Crippen LogP contribution in [0.4, 0.5) is 10.2 Å². The number of rotatable bonds is 11. The van der Waals surface area contributed by atoms with Gasteiger partial charge in [-0.15, -0.1) is 0 Å². The zero-order valence-electron chi connectivity index (χ0n) is 22.5. The average Bonchev–Trinajstić information content (AvgIpc) is 3.58. The van der Waals surface area contributed by atoms with E-state index in [9.17, 15) is 0 Å². The van der Waals surface area contributed by atoms with Crippen LogP contribution in [0.5, 0.6) is 11.6 Å². The second-order valence-corrected chi connectivity index (χ2v) is 10.0. The van der Waals surface area contributed by atoms with Crippen LogP contribution in [0.1, 0.15) is 56.4 Å². The minimum absolute atomic E-state index is 0.157. The van der Waals surface area contributed by atoms with E-state index in [2.05, 4.69) is 53.1 Å². The van der Waals surface area contributed by atoms with Crippen molar-refractivity contribution >= 4 is 5.82 Å². The average molecular weight is 521 g/mol. The van der Waals surface area contributed by atoms with Crippen LogP contribution >= 0.6 is 0 Å². The highest BCUT2D eigenvalue weighted by atomic mass is 19.1. The van der Waals surface area contributed by atoms with Gasteiger partial charge in [-0.25, -0.2) is 14.4 Å². The fourth-order valence-electron chi connectivity index (χ4n) is 5.54. The minimum atomic E-state index is -0.658. The van der Waals surface area contributed by atoms with Crippen LogP contribution in [0.25, 0.3) is 0 Å². The van der Waals surface area contributed by atoms with Gasteiger partial charge in [-0.1, -0.05) is 50.2 Å². The number of ether oxygens (including phenoxy) is 3. The van der Waals surface area contributed by atoms with Gasteiger partial charge in [-0.2, -0.15) is 0 Å². The molecule has 8 heteroatoms. The summed E-state index contributed by atoms with van der Waals surface area (Å²) in [4.78, 5) is 11.3. The summed E-state index contributed by atoms with van der Waals surface area (Å²) in [5, 5.41) is 3.49. The molecule has 1 fully saturated rings. The van der Waals surface area contributed by atoms with Crippen molar-refractivity contribution in [1.29, 1.82) is 0 Å². The zero-order valence-corrected chi connectivity index (χ0v) is 22.5. The molecule has 0 aliphatic carbocycles. The topological polar surface area (TPSA) is 68.7 Å². The van der Waals surface area contributed by atoms with Crippen LogP contribution in [-0.2, 0) is 10.2 Å². The third-order valence-corrected chi connectivity index (χ3v) is 7.80. The molecule has 1 N–H and O–H groups in total. The van der Waals surface area contributed by atoms with E-state index in [0.717, 1.165) is 56.0 Å². The summed E-state index contributed by atoms with van der Waals surface area (Å²) in [5.74, 6) is 1.07. The summed E-state index contributed by atoms with van der Waals surface area (Å²) in [5.41, 5.74) is 1.97. The molecule has 7 nitrogen and oxygen atoms in total. The first-order valence-electron chi connectivity index (χ1n) is 13.6. The first kappa shape index (κ1) is 26.4. The Labute approximate surface area is 224 Å². The van der Waals surface area contributed by atoms with Crippen molar-refractivity contribution in [2.45, 2.75) is 51.2 Å². The van der Waals surface area contributed by atoms with Crippen molar-refractivity contribution in [3.05, 3.63) is 77.4 Å². The van der Waals surface area contributed by atoms with Gasteiger partial charge in [0.05, 0.1) is 17.1 Å². The molecular formula is C30H37FN4O3. The maximum Gasteiger partial charge on any atom is 0.223 e. The van der Waals surface area contributed by atoms with E-state index in [1.54, 1.807) is 6.07 Å². The monoisotopic (exact) mass is 520 g/mol. The fraction of sp³-hybridized carbons (Fsp3) is 0.467. The molecule has 2 unspecified atom stereocenters. The number of nitrogens with zero attached hydrogens (tertiary/aromatic N) is 3. The predicted molar refractivity (Wildman–Crippen MR) is 145 cm³/mol. The number of fused-ring (bicyclic) bond motifs is 1. The van der Waals surface area contributed by atoms with Gasteiger partial charge in [0, 0.05) is 19.7 Å². The molecule has 1 aromatic heterocycles. The van der Waals surface area contributed by atoms with Gasteiger partial charge >= 0.3 is 0 Å². The van der Waals surface area contributed by atoms with Crippen molar-refractivity contribution < 1.29 is 18.6 Å². The molecule has 38 heavy (non-hydrogen) atoms. The number of hydrogen-bond donors (Lipinski definition) is 1. The predicted octanol–water partition coefficient (Wildman–Crippen LogP) is 5.37. The first-order chi connectivity index (χ1) is 18.5. The number of hydrogen-bond acceptors (Lipinski definition) is 7. The van der Waals surface area contributed by atoms with E-state index in [-0.39, 0.29) is 11.9 Å². The molecule has 3 atom stereocenters. The summed E-state index contributed by atoms with van der Waals surface area (Å²) in [6.45, 7) is 10.8. The van der Waals surface area contributed by atoms with Crippen molar-refractivity contribution in [2.75, 3.05) is 44.7 Å². The molecule has 3 heterocycles. The third-order valence-electron chi connectivity index (χ3n) is 7.80. The largest absolute Gasteiger partial charge is 0.489 e. The molecule has 2 aliphatic rings. The third kappa shape index (κ3) is 5.20. The molecule has 0 radical (unpaired) electrons. The second kappa shape index (κ2) is 11.7. The van der Waals surface area contributed by atoms with Crippen molar-refractivity contribution in [1.82, 2.24) is 14.9 Å². The second-order valence-electron chi connectivity index (χ2n) is 10.0. The number of anilines is 1. The lowest BCUT2D eigenvalue weighted by molar-refractivity contribution is 0.120. The Balaban J connectivity index is 1.45. The lowest BCUT2D eigenvalue weighted by atomic mass is 9.71. The molecule has 202 valence electrons. The maximum absolute atomic E-state index is 15.3. The van der Waals surface area contributed by atoms with Gasteiger partial charge in [0.2, 0.25) is 5.88 Å². The highest BCUT2D eigenvalue weighted by Crippen LogP contribution is 2.55. The van der Waals surface area contributed by atoms with Crippen LogP contribution in [0.3, 0.4) is 0 Å². The summed E-state index contributed by atoms with van der Waals surface area (Å²) >= 11 is 0. The Bertz CT molecular complexity index is 1220. The van der Waals surface area contributed by atoms with Crippen molar-refractivity contribution in [3.63, 3.8) is 0 Å². The molecule has 5 rings (SSSR count). The van der Waals surface area contributed by atoms with Gasteiger partial charge in [0.25, 0.3) is 0 Å². The van der Waals surface area contributed by atoms with E-state index in [4.69, 9.17) is 14.2 Å². The highest BCUT2D eigenvalue weighted by Gasteiger charge is 2.50. The molecule has 2 aliphatic heterocycles. The molecule has 2 aromatic carbocycles. The van der Waals surface area contributed by atoms with E-state index in [0.29, 0.717) is 24.6 Å². The molecule has 0 spiro atoms. The van der Waals surface area contributed by atoms with Crippen LogP contribution in [0, 0.1) is 5.82 Å². The fourth-order valence-corrected chi connectivity index (χ4v) is 5.54. The van der Waals surface area contributed by atoms with Crippen LogP contribution in [0.15, 0.2) is 54.9 Å². The van der Waals surface area contributed by atoms with E-state index >= 15 is 4.39 Å². The minimum Gasteiger partial charge on any atom is -0.489 e. The number of nitrogens with one attached hydrogen (secondary N) is 1. The molecule has 3 aromatic rings. The lowest BCUT2D eigenvalue weighted by Crippen LogP contribution is -2.31. The number of likely N-dealkylation sites (N-methyl/N-ethyl adjacent to an activating group) is 1. The Morgan fingerprint density at radius 1 is 1.13 bits per heavy atom. The standard InChI is InChI=1S/C30H37FN4O3/c1-4-35(5-2)15-17-37-25-14-13-21(18-24(25)31)27-30(3,22-10-7-6-8-11-22)26-28(33-20-34-29(26)38-27)32-19-23-12-9-16-36-23/h6-8,10-11,13-14,18,20,23,27H,4-5,9,12,15-17,19H2,1-3H3,(H,32,33,34)/t23-,27?,30?/m0/s1. The smallest absolute Gasteiger partial charge is 0.223 e. The Morgan fingerprint density at radius 3 is 2.66 bits per heavy atom. The van der Waals surface area contributed by atoms with Crippen LogP contribution in [0.2, 0.25) is 0 Å². The summed E-state index contributed by atoms with van der Waals surface area (Å²) < 4.78 is 33.4. The van der Waals surface area contributed by atoms with E-state index in [1.165, 1.54) is 12.4 Å². The summed E-state index contributed by atoms with van der Waals surface area (Å²) in [7, 11) is 0. The van der Waals surface area contributed by atoms with Gasteiger partial charge < -0.3 is 24.4 Å². The maximum atomic E-state index is 15.3.